The van der Waals surface area contributed by atoms with Crippen LogP contribution in [-0.4, -0.2) is 54.0 Å². The summed E-state index contributed by atoms with van der Waals surface area (Å²) in [6, 6.07) is 7.56. The quantitative estimate of drug-likeness (QED) is 0.850. The molecule has 3 rings (SSSR count). The van der Waals surface area contributed by atoms with Crippen LogP contribution in [0.1, 0.15) is 10.4 Å². The number of nitrogens with one attached hydrogen (secondary N) is 1. The molecule has 1 amide bonds. The summed E-state index contributed by atoms with van der Waals surface area (Å²) >= 11 is 0. The van der Waals surface area contributed by atoms with Crippen molar-refractivity contribution >= 4 is 22.5 Å². The van der Waals surface area contributed by atoms with Gasteiger partial charge in [-0.1, -0.05) is 24.3 Å². The number of hydrazine groups is 1. The van der Waals surface area contributed by atoms with Gasteiger partial charge in [-0.05, 0) is 12.4 Å². The maximum Gasteiger partial charge on any atom is 0.267 e. The Morgan fingerprint density at radius 1 is 1.19 bits per heavy atom. The van der Waals surface area contributed by atoms with E-state index in [2.05, 4.69) is 22.4 Å². The number of anilines is 1. The summed E-state index contributed by atoms with van der Waals surface area (Å²) in [5.74, 6) is 0.310. The Labute approximate surface area is 123 Å². The largest absolute Gasteiger partial charge is 0.383 e. The molecule has 1 aromatic heterocycles. The lowest BCUT2D eigenvalue weighted by Gasteiger charge is -2.32. The Balaban J connectivity index is 1.83. The maximum atomic E-state index is 12.5. The van der Waals surface area contributed by atoms with Crippen LogP contribution in [0.3, 0.4) is 0 Å². The van der Waals surface area contributed by atoms with Gasteiger partial charge in [0.25, 0.3) is 5.91 Å². The number of hydrogen-bond donors (Lipinski definition) is 2. The first-order valence-corrected chi connectivity index (χ1v) is 7.03. The van der Waals surface area contributed by atoms with E-state index in [1.165, 1.54) is 0 Å². The molecule has 3 N–H and O–H groups in total. The Morgan fingerprint density at radius 3 is 2.57 bits per heavy atom. The Morgan fingerprint density at radius 2 is 1.86 bits per heavy atom. The molecule has 0 saturated carbocycles. The smallest absolute Gasteiger partial charge is 0.267 e. The Hall–Kier alpha value is -2.18. The van der Waals surface area contributed by atoms with E-state index in [0.29, 0.717) is 11.4 Å². The van der Waals surface area contributed by atoms with Gasteiger partial charge in [-0.2, -0.15) is 0 Å². The van der Waals surface area contributed by atoms with Crippen LogP contribution in [0.4, 0.5) is 5.82 Å². The molecule has 0 aliphatic carbocycles. The van der Waals surface area contributed by atoms with Crippen LogP contribution in [0.15, 0.2) is 30.5 Å². The standard InChI is InChI=1S/C15H19N5O/c1-19-6-8-20(9-7-19)18-15(21)13-10-17-14(16)12-5-3-2-4-11(12)13/h2-5,10H,6-9H2,1H3,(H2,16,17)(H,18,21). The summed E-state index contributed by atoms with van der Waals surface area (Å²) in [5.41, 5.74) is 9.37. The molecule has 1 aliphatic heterocycles. The minimum atomic E-state index is -0.136. The van der Waals surface area contributed by atoms with Crippen LogP contribution in [0.5, 0.6) is 0 Å². The molecule has 0 spiro atoms. The summed E-state index contributed by atoms with van der Waals surface area (Å²) in [7, 11) is 2.08. The first-order chi connectivity index (χ1) is 10.1. The molecule has 0 radical (unpaired) electrons. The van der Waals surface area contributed by atoms with Gasteiger partial charge in [0.05, 0.1) is 5.56 Å². The van der Waals surface area contributed by atoms with Crippen LogP contribution in [-0.2, 0) is 0 Å². The number of amides is 1. The molecule has 2 heterocycles. The van der Waals surface area contributed by atoms with Crippen LogP contribution in [0.2, 0.25) is 0 Å². The number of aromatic nitrogens is 1. The van der Waals surface area contributed by atoms with Crippen molar-refractivity contribution in [2.45, 2.75) is 0 Å². The number of rotatable bonds is 2. The maximum absolute atomic E-state index is 12.5. The third-order valence-corrected chi connectivity index (χ3v) is 3.83. The molecular formula is C15H19N5O. The number of nitrogens with two attached hydrogens (primary N) is 1. The molecule has 1 fully saturated rings. The molecule has 0 unspecified atom stereocenters. The normalized spacial score (nSPS) is 17.0. The molecule has 110 valence electrons. The highest BCUT2D eigenvalue weighted by Gasteiger charge is 2.18. The molecule has 21 heavy (non-hydrogen) atoms. The summed E-state index contributed by atoms with van der Waals surface area (Å²) < 4.78 is 0. The molecular weight excluding hydrogens is 266 g/mol. The number of nitrogens with zero attached hydrogens (tertiary/aromatic N) is 3. The number of likely N-dealkylation sites (N-methyl/N-ethyl adjacent to an activating group) is 1. The summed E-state index contributed by atoms with van der Waals surface area (Å²) in [5, 5.41) is 3.59. The Kier molecular flexibility index (Phi) is 3.72. The van der Waals surface area contributed by atoms with E-state index in [4.69, 9.17) is 5.73 Å². The minimum Gasteiger partial charge on any atom is -0.383 e. The van der Waals surface area contributed by atoms with Gasteiger partial charge in [0.1, 0.15) is 5.82 Å². The lowest BCUT2D eigenvalue weighted by molar-refractivity contribution is 0.0664. The van der Waals surface area contributed by atoms with E-state index in [-0.39, 0.29) is 5.91 Å². The average molecular weight is 285 g/mol. The predicted molar refractivity (Wildman–Crippen MR) is 82.7 cm³/mol. The van der Waals surface area contributed by atoms with Gasteiger partial charge < -0.3 is 10.6 Å². The fourth-order valence-corrected chi connectivity index (χ4v) is 2.52. The fourth-order valence-electron chi connectivity index (χ4n) is 2.52. The number of benzene rings is 1. The number of carbonyl (C=O) groups excluding carboxylic acids is 1. The number of carbonyl (C=O) groups is 1. The van der Waals surface area contributed by atoms with Crippen molar-refractivity contribution < 1.29 is 4.79 Å². The van der Waals surface area contributed by atoms with Gasteiger partial charge in [-0.15, -0.1) is 0 Å². The van der Waals surface area contributed by atoms with E-state index in [1.54, 1.807) is 6.20 Å². The highest BCUT2D eigenvalue weighted by Crippen LogP contribution is 2.22. The minimum absolute atomic E-state index is 0.136. The Bertz CT molecular complexity index is 664. The molecule has 1 aliphatic rings. The van der Waals surface area contributed by atoms with Crippen LogP contribution in [0.25, 0.3) is 10.8 Å². The third-order valence-electron chi connectivity index (χ3n) is 3.83. The van der Waals surface area contributed by atoms with Crippen LogP contribution < -0.4 is 11.2 Å². The SMILES string of the molecule is CN1CCN(NC(=O)c2cnc(N)c3ccccc23)CC1. The van der Waals surface area contributed by atoms with Crippen molar-refractivity contribution in [2.75, 3.05) is 39.0 Å². The summed E-state index contributed by atoms with van der Waals surface area (Å²) in [4.78, 5) is 18.8. The predicted octanol–water partition coefficient (Wildman–Crippen LogP) is 0.709. The first kappa shape index (κ1) is 13.8. The fraction of sp³-hybridized carbons (Fsp3) is 0.333. The number of hydrogen-bond acceptors (Lipinski definition) is 5. The van der Waals surface area contributed by atoms with Gasteiger partial charge in [-0.25, -0.2) is 9.99 Å². The van der Waals surface area contributed by atoms with Gasteiger partial charge in [0.2, 0.25) is 0 Å². The number of nitrogen functional groups attached to an aromatic ring is 1. The van der Waals surface area contributed by atoms with Gasteiger partial charge in [0, 0.05) is 37.8 Å². The van der Waals surface area contributed by atoms with Gasteiger partial charge in [-0.3, -0.25) is 10.2 Å². The van der Waals surface area contributed by atoms with E-state index in [0.717, 1.165) is 37.0 Å². The van der Waals surface area contributed by atoms with E-state index < -0.39 is 0 Å². The first-order valence-electron chi connectivity index (χ1n) is 7.03. The van der Waals surface area contributed by atoms with Crippen LogP contribution in [0, 0.1) is 0 Å². The second-order valence-corrected chi connectivity index (χ2v) is 5.33. The molecule has 2 aromatic rings. The third kappa shape index (κ3) is 2.81. The topological polar surface area (TPSA) is 74.5 Å². The lowest BCUT2D eigenvalue weighted by Crippen LogP contribution is -2.52. The molecule has 6 heteroatoms. The molecule has 1 saturated heterocycles. The zero-order valence-electron chi connectivity index (χ0n) is 12.0. The monoisotopic (exact) mass is 285 g/mol. The van der Waals surface area contributed by atoms with Gasteiger partial charge >= 0.3 is 0 Å². The van der Waals surface area contributed by atoms with Crippen LogP contribution >= 0.6 is 0 Å². The van der Waals surface area contributed by atoms with Gasteiger partial charge in [0.15, 0.2) is 0 Å². The molecule has 6 nitrogen and oxygen atoms in total. The number of pyridine rings is 1. The lowest BCUT2D eigenvalue weighted by atomic mass is 10.1. The van der Waals surface area contributed by atoms with Crippen molar-refractivity contribution in [3.05, 3.63) is 36.0 Å². The van der Waals surface area contributed by atoms with Crippen molar-refractivity contribution in [1.29, 1.82) is 0 Å². The zero-order chi connectivity index (χ0) is 14.8. The second-order valence-electron chi connectivity index (χ2n) is 5.33. The van der Waals surface area contributed by atoms with Crippen molar-refractivity contribution in [2.24, 2.45) is 0 Å². The van der Waals surface area contributed by atoms with E-state index >= 15 is 0 Å². The van der Waals surface area contributed by atoms with Crippen molar-refractivity contribution in [3.8, 4) is 0 Å². The average Bonchev–Trinajstić information content (AvgIpc) is 2.50. The second kappa shape index (κ2) is 5.67. The van der Waals surface area contributed by atoms with E-state index in [9.17, 15) is 4.79 Å². The molecule has 0 atom stereocenters. The summed E-state index contributed by atoms with van der Waals surface area (Å²) in [6.45, 7) is 3.53. The number of fused-ring (bicyclic) bond motifs is 1. The summed E-state index contributed by atoms with van der Waals surface area (Å²) in [6.07, 6.45) is 1.54. The van der Waals surface area contributed by atoms with Crippen molar-refractivity contribution in [1.82, 2.24) is 20.3 Å². The van der Waals surface area contributed by atoms with E-state index in [1.807, 2.05) is 29.3 Å². The number of piperazine rings is 1. The highest BCUT2D eigenvalue weighted by molar-refractivity contribution is 6.08. The molecule has 0 bridgehead atoms. The van der Waals surface area contributed by atoms with Crippen molar-refractivity contribution in [3.63, 3.8) is 0 Å². The zero-order valence-corrected chi connectivity index (χ0v) is 12.0. The molecule has 1 aromatic carbocycles. The highest BCUT2D eigenvalue weighted by atomic mass is 16.2.